The molecule has 0 atom stereocenters. The van der Waals surface area contributed by atoms with Crippen molar-refractivity contribution < 1.29 is 23.8 Å². The lowest BCUT2D eigenvalue weighted by atomic mass is 9.98. The molecule has 0 amide bonds. The van der Waals surface area contributed by atoms with Gasteiger partial charge in [0.25, 0.3) is 0 Å². The van der Waals surface area contributed by atoms with Gasteiger partial charge in [0.1, 0.15) is 13.2 Å². The Morgan fingerprint density at radius 3 is 2.30 bits per heavy atom. The lowest BCUT2D eigenvalue weighted by molar-refractivity contribution is 0.0459. The molecule has 0 unspecified atom stereocenters. The molecular formula is C20H17N5O5. The Morgan fingerprint density at radius 1 is 0.900 bits per heavy atom. The fourth-order valence-corrected chi connectivity index (χ4v) is 2.93. The Bertz CT molecular complexity index is 1110. The Labute approximate surface area is 170 Å². The molecule has 0 bridgehead atoms. The number of esters is 1. The fourth-order valence-electron chi connectivity index (χ4n) is 2.93. The zero-order chi connectivity index (χ0) is 21.1. The molecule has 10 heteroatoms. The summed E-state index contributed by atoms with van der Waals surface area (Å²) in [7, 11) is 0. The van der Waals surface area contributed by atoms with E-state index in [0.717, 1.165) is 0 Å². The van der Waals surface area contributed by atoms with Crippen molar-refractivity contribution >= 4 is 23.6 Å². The second kappa shape index (κ2) is 8.03. The molecule has 4 N–H and O–H groups in total. The number of nitrogens with two attached hydrogens (primary N) is 2. The SMILES string of the molecule is Nc1nc(N)nc(COC(=O)c2ccccc2C(=O)c2ccc3c(c2)OCCO3)n1. The van der Waals surface area contributed by atoms with E-state index in [0.29, 0.717) is 30.3 Å². The van der Waals surface area contributed by atoms with Crippen LogP contribution in [0.5, 0.6) is 11.5 Å². The van der Waals surface area contributed by atoms with Crippen molar-refractivity contribution in [2.45, 2.75) is 6.61 Å². The maximum Gasteiger partial charge on any atom is 0.339 e. The highest BCUT2D eigenvalue weighted by molar-refractivity contribution is 6.14. The number of hydrogen-bond acceptors (Lipinski definition) is 10. The number of rotatable bonds is 5. The van der Waals surface area contributed by atoms with Crippen molar-refractivity contribution in [1.82, 2.24) is 15.0 Å². The molecule has 2 heterocycles. The molecular weight excluding hydrogens is 390 g/mol. The minimum atomic E-state index is -0.714. The normalized spacial score (nSPS) is 12.3. The van der Waals surface area contributed by atoms with Crippen LogP contribution >= 0.6 is 0 Å². The average Bonchev–Trinajstić information content (AvgIpc) is 2.76. The summed E-state index contributed by atoms with van der Waals surface area (Å²) in [4.78, 5) is 37.0. The van der Waals surface area contributed by atoms with Gasteiger partial charge >= 0.3 is 5.97 Å². The number of ether oxygens (including phenoxy) is 3. The van der Waals surface area contributed by atoms with Gasteiger partial charge < -0.3 is 25.7 Å². The number of aromatic nitrogens is 3. The van der Waals surface area contributed by atoms with E-state index in [1.165, 1.54) is 6.07 Å². The van der Waals surface area contributed by atoms with E-state index < -0.39 is 5.97 Å². The fraction of sp³-hybridized carbons (Fsp3) is 0.150. The van der Waals surface area contributed by atoms with Crippen LogP contribution in [-0.2, 0) is 11.3 Å². The van der Waals surface area contributed by atoms with Gasteiger partial charge in [-0.2, -0.15) is 15.0 Å². The van der Waals surface area contributed by atoms with Gasteiger partial charge in [0.05, 0.1) is 5.56 Å². The third-order valence-corrected chi connectivity index (χ3v) is 4.24. The molecule has 152 valence electrons. The van der Waals surface area contributed by atoms with Gasteiger partial charge in [-0.25, -0.2) is 4.79 Å². The smallest absolute Gasteiger partial charge is 0.339 e. The molecule has 30 heavy (non-hydrogen) atoms. The first-order valence-corrected chi connectivity index (χ1v) is 8.97. The zero-order valence-corrected chi connectivity index (χ0v) is 15.7. The first kappa shape index (κ1) is 19.1. The van der Waals surface area contributed by atoms with Crippen LogP contribution in [0.15, 0.2) is 42.5 Å². The number of fused-ring (bicyclic) bond motifs is 1. The monoisotopic (exact) mass is 407 g/mol. The van der Waals surface area contributed by atoms with Crippen molar-refractivity contribution in [3.63, 3.8) is 0 Å². The third kappa shape index (κ3) is 3.97. The second-order valence-electron chi connectivity index (χ2n) is 6.28. The van der Waals surface area contributed by atoms with E-state index in [4.69, 9.17) is 25.7 Å². The van der Waals surface area contributed by atoms with E-state index in [1.54, 1.807) is 36.4 Å². The van der Waals surface area contributed by atoms with Crippen LogP contribution in [0.2, 0.25) is 0 Å². The number of benzene rings is 2. The summed E-state index contributed by atoms with van der Waals surface area (Å²) in [6.45, 7) is 0.579. The van der Waals surface area contributed by atoms with Crippen LogP contribution in [0.1, 0.15) is 32.1 Å². The summed E-state index contributed by atoms with van der Waals surface area (Å²) in [5, 5.41) is 0. The minimum Gasteiger partial charge on any atom is -0.486 e. The number of carbonyl (C=O) groups is 2. The molecule has 0 fully saturated rings. The summed E-state index contributed by atoms with van der Waals surface area (Å²) >= 11 is 0. The van der Waals surface area contributed by atoms with Gasteiger partial charge in [0.2, 0.25) is 11.9 Å². The number of hydrogen-bond donors (Lipinski definition) is 2. The molecule has 3 aromatic rings. The standard InChI is InChI=1S/C20H17N5O5/c21-19-23-16(24-20(22)25-19)10-30-18(27)13-4-2-1-3-12(13)17(26)11-5-6-14-15(9-11)29-8-7-28-14/h1-6,9H,7-8,10H2,(H4,21,22,23,24,25). The summed E-state index contributed by atoms with van der Waals surface area (Å²) in [5.41, 5.74) is 11.7. The number of ketones is 1. The molecule has 0 radical (unpaired) electrons. The Morgan fingerprint density at radius 2 is 1.57 bits per heavy atom. The van der Waals surface area contributed by atoms with Crippen LogP contribution in [0.4, 0.5) is 11.9 Å². The first-order valence-electron chi connectivity index (χ1n) is 8.97. The van der Waals surface area contributed by atoms with Gasteiger partial charge in [0.15, 0.2) is 29.7 Å². The molecule has 2 aromatic carbocycles. The topological polar surface area (TPSA) is 153 Å². The molecule has 1 aliphatic rings. The van der Waals surface area contributed by atoms with Gasteiger partial charge in [-0.1, -0.05) is 18.2 Å². The quantitative estimate of drug-likeness (QED) is 0.468. The van der Waals surface area contributed by atoms with Gasteiger partial charge in [-0.05, 0) is 24.3 Å². The number of nitrogens with zero attached hydrogens (tertiary/aromatic N) is 3. The molecule has 0 spiro atoms. The molecule has 0 saturated heterocycles. The predicted octanol–water partition coefficient (Wildman–Crippen LogP) is 1.40. The van der Waals surface area contributed by atoms with E-state index >= 15 is 0 Å². The van der Waals surface area contributed by atoms with E-state index in [-0.39, 0.29) is 41.2 Å². The Kier molecular flexibility index (Phi) is 5.12. The Hall–Kier alpha value is -4.21. The third-order valence-electron chi connectivity index (χ3n) is 4.24. The largest absolute Gasteiger partial charge is 0.486 e. The van der Waals surface area contributed by atoms with Crippen molar-refractivity contribution in [3.05, 3.63) is 65.0 Å². The predicted molar refractivity (Wildman–Crippen MR) is 105 cm³/mol. The highest BCUT2D eigenvalue weighted by Gasteiger charge is 2.21. The average molecular weight is 407 g/mol. The van der Waals surface area contributed by atoms with E-state index in [1.807, 2.05) is 0 Å². The first-order chi connectivity index (χ1) is 14.5. The summed E-state index contributed by atoms with van der Waals surface area (Å²) in [5.74, 6) is -0.0738. The van der Waals surface area contributed by atoms with E-state index in [9.17, 15) is 9.59 Å². The minimum absolute atomic E-state index is 0.0808. The number of anilines is 2. The maximum atomic E-state index is 13.1. The molecule has 0 saturated carbocycles. The molecule has 10 nitrogen and oxygen atoms in total. The van der Waals surface area contributed by atoms with Crippen LogP contribution in [0, 0.1) is 0 Å². The van der Waals surface area contributed by atoms with Crippen molar-refractivity contribution in [1.29, 1.82) is 0 Å². The molecule has 4 rings (SSSR count). The van der Waals surface area contributed by atoms with Crippen LogP contribution in [0.3, 0.4) is 0 Å². The van der Waals surface area contributed by atoms with Crippen LogP contribution < -0.4 is 20.9 Å². The molecule has 1 aromatic heterocycles. The van der Waals surface area contributed by atoms with Gasteiger partial charge in [0, 0.05) is 11.1 Å². The van der Waals surface area contributed by atoms with Crippen molar-refractivity contribution in [2.24, 2.45) is 0 Å². The summed E-state index contributed by atoms with van der Waals surface area (Å²) in [6, 6.07) is 11.2. The molecule has 1 aliphatic heterocycles. The van der Waals surface area contributed by atoms with Gasteiger partial charge in [-0.3, -0.25) is 4.79 Å². The number of nitrogen functional groups attached to an aromatic ring is 2. The lowest BCUT2D eigenvalue weighted by Crippen LogP contribution is -2.17. The molecule has 0 aliphatic carbocycles. The number of carbonyl (C=O) groups excluding carboxylic acids is 2. The summed E-state index contributed by atoms with van der Waals surface area (Å²) in [6.07, 6.45) is 0. The highest BCUT2D eigenvalue weighted by atomic mass is 16.6. The maximum absolute atomic E-state index is 13.1. The van der Waals surface area contributed by atoms with Crippen molar-refractivity contribution in [3.8, 4) is 11.5 Å². The zero-order valence-electron chi connectivity index (χ0n) is 15.7. The summed E-state index contributed by atoms with van der Waals surface area (Å²) < 4.78 is 16.2. The van der Waals surface area contributed by atoms with E-state index in [2.05, 4.69) is 15.0 Å². The van der Waals surface area contributed by atoms with Crippen LogP contribution in [0.25, 0.3) is 0 Å². The van der Waals surface area contributed by atoms with Crippen molar-refractivity contribution in [2.75, 3.05) is 24.7 Å². The lowest BCUT2D eigenvalue weighted by Gasteiger charge is -2.18. The highest BCUT2D eigenvalue weighted by Crippen LogP contribution is 2.31. The van der Waals surface area contributed by atoms with Gasteiger partial charge in [-0.15, -0.1) is 0 Å². The van der Waals surface area contributed by atoms with Crippen LogP contribution in [-0.4, -0.2) is 39.9 Å². The Balaban J connectivity index is 1.56. The second-order valence-corrected chi connectivity index (χ2v) is 6.28.